The van der Waals surface area contributed by atoms with Crippen LogP contribution in [-0.4, -0.2) is 18.0 Å². The van der Waals surface area contributed by atoms with Crippen LogP contribution in [0, 0.1) is 0 Å². The number of carbonyl (C=O) groups is 1. The Morgan fingerprint density at radius 2 is 2.23 bits per heavy atom. The molecular weight excluding hydrogens is 178 g/mol. The third-order valence-electron chi connectivity index (χ3n) is 2.12. The van der Waals surface area contributed by atoms with Gasteiger partial charge in [0.25, 0.3) is 5.92 Å². The lowest BCUT2D eigenvalue weighted by Crippen LogP contribution is -2.39. The molecule has 0 saturated heterocycles. The molecule has 2 nitrogen and oxygen atoms in total. The monoisotopic (exact) mass is 190 g/mol. The van der Waals surface area contributed by atoms with Gasteiger partial charge in [-0.05, 0) is 19.3 Å². The highest BCUT2D eigenvalue weighted by atomic mass is 19.3. The highest BCUT2D eigenvalue weighted by Gasteiger charge is 2.43. The predicted octanol–water partition coefficient (Wildman–Crippen LogP) is 2.29. The maximum absolute atomic E-state index is 13.1. The van der Waals surface area contributed by atoms with Crippen LogP contribution in [0.15, 0.2) is 12.7 Å². The van der Waals surface area contributed by atoms with Crippen LogP contribution in [0.3, 0.4) is 0 Å². The topological polar surface area (TPSA) is 26.3 Å². The van der Waals surface area contributed by atoms with Gasteiger partial charge in [-0.1, -0.05) is 6.58 Å². The van der Waals surface area contributed by atoms with E-state index in [9.17, 15) is 13.6 Å². The molecule has 4 heteroatoms. The van der Waals surface area contributed by atoms with Gasteiger partial charge < -0.3 is 4.74 Å². The Kier molecular flexibility index (Phi) is 3.01. The first-order valence-corrected chi connectivity index (χ1v) is 4.27. The summed E-state index contributed by atoms with van der Waals surface area (Å²) in [5.74, 6) is -3.64. The Balaban J connectivity index is 2.55. The van der Waals surface area contributed by atoms with Gasteiger partial charge in [0.1, 0.15) is 0 Å². The van der Waals surface area contributed by atoms with Gasteiger partial charge in [0.05, 0.1) is 0 Å². The second kappa shape index (κ2) is 3.85. The van der Waals surface area contributed by atoms with E-state index >= 15 is 0 Å². The molecule has 0 aromatic carbocycles. The van der Waals surface area contributed by atoms with Gasteiger partial charge in [0.15, 0.2) is 6.10 Å². The Morgan fingerprint density at radius 1 is 1.54 bits per heavy atom. The van der Waals surface area contributed by atoms with Crippen molar-refractivity contribution >= 4 is 5.97 Å². The Hall–Kier alpha value is -0.930. The molecule has 0 N–H and O–H groups in total. The van der Waals surface area contributed by atoms with E-state index < -0.39 is 18.0 Å². The molecule has 74 valence electrons. The van der Waals surface area contributed by atoms with E-state index in [0.717, 1.165) is 6.08 Å². The van der Waals surface area contributed by atoms with Crippen LogP contribution >= 0.6 is 0 Å². The van der Waals surface area contributed by atoms with Gasteiger partial charge in [-0.15, -0.1) is 0 Å². The summed E-state index contributed by atoms with van der Waals surface area (Å²) >= 11 is 0. The predicted molar refractivity (Wildman–Crippen MR) is 43.5 cm³/mol. The number of hydrogen-bond acceptors (Lipinski definition) is 2. The van der Waals surface area contributed by atoms with Crippen molar-refractivity contribution in [1.29, 1.82) is 0 Å². The number of carbonyl (C=O) groups excluding carboxylic acids is 1. The summed E-state index contributed by atoms with van der Waals surface area (Å²) in [5.41, 5.74) is 0. The lowest BCUT2D eigenvalue weighted by molar-refractivity contribution is -0.176. The first kappa shape index (κ1) is 10.2. The quantitative estimate of drug-likeness (QED) is 0.493. The molecule has 0 amide bonds. The van der Waals surface area contributed by atoms with Crippen LogP contribution < -0.4 is 0 Å². The number of rotatable bonds is 2. The van der Waals surface area contributed by atoms with Crippen molar-refractivity contribution in [3.05, 3.63) is 12.7 Å². The smallest absolute Gasteiger partial charge is 0.330 e. The summed E-state index contributed by atoms with van der Waals surface area (Å²) in [7, 11) is 0. The van der Waals surface area contributed by atoms with Crippen molar-refractivity contribution in [3.63, 3.8) is 0 Å². The molecule has 0 bridgehead atoms. The lowest BCUT2D eigenvalue weighted by atomic mass is 9.94. The van der Waals surface area contributed by atoms with Gasteiger partial charge >= 0.3 is 5.97 Å². The first-order chi connectivity index (χ1) is 6.06. The third kappa shape index (κ3) is 2.50. The standard InChI is InChI=1S/C9H12F2O2/c1-2-8(12)13-7-5-3-4-6-9(7,10)11/h2,7H,1,3-6H2. The minimum absolute atomic E-state index is 0.192. The van der Waals surface area contributed by atoms with Crippen molar-refractivity contribution in [2.24, 2.45) is 0 Å². The van der Waals surface area contributed by atoms with Gasteiger partial charge in [0, 0.05) is 12.5 Å². The Bertz CT molecular complexity index is 214. The van der Waals surface area contributed by atoms with Crippen LogP contribution in [0.25, 0.3) is 0 Å². The SMILES string of the molecule is C=CC(=O)OC1CCCCC1(F)F. The molecule has 0 radical (unpaired) electrons. The van der Waals surface area contributed by atoms with Crippen LogP contribution in [0.2, 0.25) is 0 Å². The van der Waals surface area contributed by atoms with E-state index in [2.05, 4.69) is 11.3 Å². The molecule has 13 heavy (non-hydrogen) atoms. The zero-order chi connectivity index (χ0) is 9.90. The van der Waals surface area contributed by atoms with Gasteiger partial charge in [-0.25, -0.2) is 13.6 Å². The lowest BCUT2D eigenvalue weighted by Gasteiger charge is -2.30. The molecule has 0 spiro atoms. The number of alkyl halides is 2. The highest BCUT2D eigenvalue weighted by molar-refractivity contribution is 5.81. The second-order valence-electron chi connectivity index (χ2n) is 3.14. The van der Waals surface area contributed by atoms with Crippen molar-refractivity contribution in [2.45, 2.75) is 37.7 Å². The summed E-state index contributed by atoms with van der Waals surface area (Å²) in [5, 5.41) is 0. The zero-order valence-electron chi connectivity index (χ0n) is 7.26. The summed E-state index contributed by atoms with van der Waals surface area (Å²) in [6, 6.07) is 0. The minimum Gasteiger partial charge on any atom is -0.453 e. The molecule has 1 rings (SSSR count). The van der Waals surface area contributed by atoms with Crippen LogP contribution in [-0.2, 0) is 9.53 Å². The maximum atomic E-state index is 13.1. The third-order valence-corrected chi connectivity index (χ3v) is 2.12. The van der Waals surface area contributed by atoms with E-state index in [0.29, 0.717) is 12.8 Å². The fraction of sp³-hybridized carbons (Fsp3) is 0.667. The Morgan fingerprint density at radius 3 is 2.77 bits per heavy atom. The molecular formula is C9H12F2O2. The van der Waals surface area contributed by atoms with Crippen LogP contribution in [0.5, 0.6) is 0 Å². The van der Waals surface area contributed by atoms with Crippen molar-refractivity contribution in [2.75, 3.05) is 0 Å². The van der Waals surface area contributed by atoms with Gasteiger partial charge in [-0.2, -0.15) is 0 Å². The van der Waals surface area contributed by atoms with E-state index in [1.807, 2.05) is 0 Å². The zero-order valence-corrected chi connectivity index (χ0v) is 7.26. The average Bonchev–Trinajstić information content (AvgIpc) is 2.08. The largest absolute Gasteiger partial charge is 0.453 e. The van der Waals surface area contributed by atoms with Crippen molar-refractivity contribution in [3.8, 4) is 0 Å². The fourth-order valence-corrected chi connectivity index (χ4v) is 1.40. The minimum atomic E-state index is -2.86. The molecule has 0 aliphatic heterocycles. The molecule has 1 aliphatic rings. The number of halogens is 2. The molecule has 1 aliphatic carbocycles. The van der Waals surface area contributed by atoms with E-state index in [-0.39, 0.29) is 12.8 Å². The average molecular weight is 190 g/mol. The van der Waals surface area contributed by atoms with Gasteiger partial charge in [0.2, 0.25) is 0 Å². The first-order valence-electron chi connectivity index (χ1n) is 4.27. The number of hydrogen-bond donors (Lipinski definition) is 0. The van der Waals surface area contributed by atoms with Crippen LogP contribution in [0.4, 0.5) is 8.78 Å². The molecule has 0 aromatic heterocycles. The van der Waals surface area contributed by atoms with Crippen molar-refractivity contribution < 1.29 is 18.3 Å². The van der Waals surface area contributed by atoms with Crippen LogP contribution in [0.1, 0.15) is 25.7 Å². The van der Waals surface area contributed by atoms with Crippen molar-refractivity contribution in [1.82, 2.24) is 0 Å². The molecule has 1 fully saturated rings. The summed E-state index contributed by atoms with van der Waals surface area (Å²) in [6.07, 6.45) is 0.880. The van der Waals surface area contributed by atoms with Gasteiger partial charge in [-0.3, -0.25) is 0 Å². The molecule has 1 unspecified atom stereocenters. The number of esters is 1. The molecule has 1 atom stereocenters. The molecule has 0 aromatic rings. The number of ether oxygens (including phenoxy) is 1. The van der Waals surface area contributed by atoms with E-state index in [4.69, 9.17) is 0 Å². The molecule has 1 saturated carbocycles. The summed E-state index contributed by atoms with van der Waals surface area (Å²) in [4.78, 5) is 10.7. The Labute approximate surface area is 75.6 Å². The molecule has 0 heterocycles. The maximum Gasteiger partial charge on any atom is 0.330 e. The second-order valence-corrected chi connectivity index (χ2v) is 3.14. The summed E-state index contributed by atoms with van der Waals surface area (Å²) in [6.45, 7) is 3.15. The summed E-state index contributed by atoms with van der Waals surface area (Å²) < 4.78 is 30.7. The van der Waals surface area contributed by atoms with E-state index in [1.165, 1.54) is 0 Å². The fourth-order valence-electron chi connectivity index (χ4n) is 1.40. The normalized spacial score (nSPS) is 26.5. The highest BCUT2D eigenvalue weighted by Crippen LogP contribution is 2.35. The van der Waals surface area contributed by atoms with E-state index in [1.54, 1.807) is 0 Å².